The summed E-state index contributed by atoms with van der Waals surface area (Å²) in [6, 6.07) is 43.1. The van der Waals surface area contributed by atoms with Crippen molar-refractivity contribution >= 4 is 67.7 Å². The molecule has 294 valence electrons. The molecular formula is C54H46N4OS. The van der Waals surface area contributed by atoms with Crippen LogP contribution in [0.3, 0.4) is 0 Å². The van der Waals surface area contributed by atoms with Crippen molar-refractivity contribution in [2.45, 2.75) is 44.9 Å². The van der Waals surface area contributed by atoms with E-state index in [2.05, 4.69) is 169 Å². The van der Waals surface area contributed by atoms with Gasteiger partial charge in [0.05, 0.1) is 11.7 Å². The van der Waals surface area contributed by atoms with E-state index in [1.807, 2.05) is 35.8 Å². The molecule has 3 aliphatic carbocycles. The summed E-state index contributed by atoms with van der Waals surface area (Å²) in [5.74, 6) is 1.80. The molecule has 3 N–H and O–H groups in total. The number of hydrogen-bond acceptors (Lipinski definition) is 5. The quantitative estimate of drug-likeness (QED) is 0.119. The molecule has 0 bridgehead atoms. The Kier molecular flexibility index (Phi) is 9.22. The maximum Gasteiger partial charge on any atom is 0.135 e. The zero-order chi connectivity index (χ0) is 40.3. The van der Waals surface area contributed by atoms with E-state index in [1.165, 1.54) is 59.5 Å². The van der Waals surface area contributed by atoms with Gasteiger partial charge in [-0.1, -0.05) is 135 Å². The highest BCUT2D eigenvalue weighted by Gasteiger charge is 2.34. The molecule has 5 nitrogen and oxygen atoms in total. The van der Waals surface area contributed by atoms with E-state index in [0.717, 1.165) is 39.9 Å². The Morgan fingerprint density at radius 3 is 2.52 bits per heavy atom. The van der Waals surface area contributed by atoms with Crippen molar-refractivity contribution in [3.63, 3.8) is 0 Å². The number of nitrogens with zero attached hydrogens (tertiary/aromatic N) is 2. The van der Waals surface area contributed by atoms with Crippen molar-refractivity contribution in [3.8, 4) is 16.8 Å². The van der Waals surface area contributed by atoms with Gasteiger partial charge in [-0.25, -0.2) is 0 Å². The minimum atomic E-state index is -0.380. The van der Waals surface area contributed by atoms with Crippen molar-refractivity contribution in [3.05, 3.63) is 190 Å². The Balaban J connectivity index is 0.948. The number of fused-ring (bicyclic) bond motifs is 9. The summed E-state index contributed by atoms with van der Waals surface area (Å²) < 4.78 is 10.5. The topological polar surface area (TPSA) is 68.5 Å². The number of rotatable bonds is 8. The number of allylic oxidation sites excluding steroid dienone is 5. The first-order valence-corrected chi connectivity index (χ1v) is 21.9. The summed E-state index contributed by atoms with van der Waals surface area (Å²) in [6.45, 7) is 4.60. The average Bonchev–Trinajstić information content (AvgIpc) is 3.89. The number of benzene rings is 5. The highest BCUT2D eigenvalue weighted by molar-refractivity contribution is 7.19. The summed E-state index contributed by atoms with van der Waals surface area (Å²) in [7, 11) is 0. The lowest BCUT2D eigenvalue weighted by Gasteiger charge is -2.33. The third-order valence-corrected chi connectivity index (χ3v) is 14.0. The van der Waals surface area contributed by atoms with E-state index in [1.54, 1.807) is 0 Å². The average molecular weight is 799 g/mol. The van der Waals surface area contributed by atoms with Gasteiger partial charge in [0.2, 0.25) is 0 Å². The molecule has 0 radical (unpaired) electrons. The Morgan fingerprint density at radius 1 is 0.833 bits per heavy atom. The predicted molar refractivity (Wildman–Crippen MR) is 253 cm³/mol. The van der Waals surface area contributed by atoms with Crippen LogP contribution >= 0.6 is 11.3 Å². The second-order valence-corrected chi connectivity index (χ2v) is 17.7. The smallest absolute Gasteiger partial charge is 0.135 e. The molecule has 0 amide bonds. The molecule has 11 rings (SSSR count). The molecule has 0 saturated heterocycles. The number of thiophene rings is 1. The first kappa shape index (κ1) is 36.7. The fourth-order valence-electron chi connectivity index (χ4n) is 9.70. The lowest BCUT2D eigenvalue weighted by atomic mass is 9.82. The van der Waals surface area contributed by atoms with E-state index in [9.17, 15) is 0 Å². The monoisotopic (exact) mass is 798 g/mol. The maximum atomic E-state index is 6.90. The minimum Gasteiger partial charge on any atom is -0.460 e. The van der Waals surface area contributed by atoms with Gasteiger partial charge in [-0.05, 0) is 99.5 Å². The zero-order valence-electron chi connectivity index (χ0n) is 33.8. The summed E-state index contributed by atoms with van der Waals surface area (Å²) in [5.41, 5.74) is 19.8. The van der Waals surface area contributed by atoms with E-state index < -0.39 is 0 Å². The molecule has 8 aromatic rings. The fourth-order valence-corrected chi connectivity index (χ4v) is 11.1. The zero-order valence-corrected chi connectivity index (χ0v) is 34.6. The van der Waals surface area contributed by atoms with Crippen LogP contribution in [0.1, 0.15) is 64.5 Å². The molecular weight excluding hydrogens is 753 g/mol. The molecule has 5 unspecified atom stereocenters. The van der Waals surface area contributed by atoms with Crippen LogP contribution in [0.25, 0.3) is 67.0 Å². The molecule has 5 aromatic carbocycles. The Hall–Kier alpha value is -6.31. The number of furan rings is 1. The lowest BCUT2D eigenvalue weighted by molar-refractivity contribution is 0.356. The van der Waals surface area contributed by atoms with Crippen molar-refractivity contribution < 1.29 is 4.42 Å². The minimum absolute atomic E-state index is 0.103. The van der Waals surface area contributed by atoms with Crippen LogP contribution in [0, 0.1) is 11.8 Å². The molecule has 0 fully saturated rings. The number of aromatic nitrogens is 1. The van der Waals surface area contributed by atoms with Gasteiger partial charge in [0.15, 0.2) is 0 Å². The fraction of sp³-hybridized carbons (Fsp3) is 0.167. The van der Waals surface area contributed by atoms with Crippen molar-refractivity contribution in [1.29, 1.82) is 0 Å². The van der Waals surface area contributed by atoms with Gasteiger partial charge in [-0.3, -0.25) is 10.3 Å². The van der Waals surface area contributed by atoms with E-state index >= 15 is 0 Å². The Morgan fingerprint density at radius 2 is 1.65 bits per heavy atom. The van der Waals surface area contributed by atoms with Crippen molar-refractivity contribution in [2.24, 2.45) is 22.6 Å². The van der Waals surface area contributed by atoms with E-state index in [4.69, 9.17) is 15.1 Å². The first-order chi connectivity index (χ1) is 29.5. The van der Waals surface area contributed by atoms with Crippen LogP contribution in [0.15, 0.2) is 161 Å². The number of nitrogens with one attached hydrogen (secondary N) is 1. The highest BCUT2D eigenvalue weighted by atomic mass is 32.1. The summed E-state index contributed by atoms with van der Waals surface area (Å²) in [6.07, 6.45) is 18.9. The number of hydrogen-bond donors (Lipinski definition) is 2. The van der Waals surface area contributed by atoms with Gasteiger partial charge >= 0.3 is 0 Å². The van der Waals surface area contributed by atoms with Crippen LogP contribution in [-0.2, 0) is 12.8 Å². The number of aliphatic imine (C=N–C) groups is 1. The lowest BCUT2D eigenvalue weighted by Crippen LogP contribution is -2.42. The largest absolute Gasteiger partial charge is 0.460 e. The highest BCUT2D eigenvalue weighted by Crippen LogP contribution is 2.46. The Bertz CT molecular complexity index is 3080. The molecule has 5 atom stereocenters. The molecule has 0 aliphatic heterocycles. The van der Waals surface area contributed by atoms with Gasteiger partial charge in [-0.2, -0.15) is 0 Å². The standard InChI is InChI=1S/C54H46N4OS/c1-33-23-27-45-43(29-33)44-31-37(25-28-46(44)58(45)38-16-7-4-8-17-38)39-19-12-21-47-51(39)42-20-11-13-35(30-48(42)59-47)32-56-54(57-53(55)36-14-5-3-6-15-36)50-34(2)24-26-41-40-18-9-10-22-49(40)60-52(41)50/h3-28,31-34,50,53-54,57H,29-30,55H2,1-2H3. The SMILES string of the molecule is CC1C=Cc2c(c3cc(-c4cccc5oc6c(c45)C=CC=C(C=NC(NC(N)c4ccccc4)C4c5sc7ccccc7c5C=CC4C)C6)ccc3n2-c2ccccc2)C1. The maximum absolute atomic E-state index is 6.90. The van der Waals surface area contributed by atoms with E-state index in [0.29, 0.717) is 12.3 Å². The molecule has 3 aromatic heterocycles. The molecule has 6 heteroatoms. The first-order valence-electron chi connectivity index (χ1n) is 21.1. The van der Waals surface area contributed by atoms with Gasteiger partial charge in [0, 0.05) is 55.8 Å². The third kappa shape index (κ3) is 6.34. The molecule has 60 heavy (non-hydrogen) atoms. The number of para-hydroxylation sites is 1. The molecule has 0 spiro atoms. The van der Waals surface area contributed by atoms with Crippen LogP contribution in [0.5, 0.6) is 0 Å². The summed E-state index contributed by atoms with van der Waals surface area (Å²) in [5, 5.41) is 7.52. The molecule has 3 heterocycles. The molecule has 3 aliphatic rings. The summed E-state index contributed by atoms with van der Waals surface area (Å²) in [4.78, 5) is 6.74. The van der Waals surface area contributed by atoms with Crippen molar-refractivity contribution in [1.82, 2.24) is 9.88 Å². The second-order valence-electron chi connectivity index (χ2n) is 16.6. The Labute approximate surface area is 354 Å². The van der Waals surface area contributed by atoms with Crippen molar-refractivity contribution in [2.75, 3.05) is 0 Å². The predicted octanol–water partition coefficient (Wildman–Crippen LogP) is 13.1. The van der Waals surface area contributed by atoms with Gasteiger partial charge in [0.1, 0.15) is 17.5 Å². The van der Waals surface area contributed by atoms with E-state index in [-0.39, 0.29) is 24.2 Å². The van der Waals surface area contributed by atoms with Crippen LogP contribution < -0.4 is 11.1 Å². The number of nitrogens with two attached hydrogens (primary N) is 1. The van der Waals surface area contributed by atoms with Crippen LogP contribution in [0.2, 0.25) is 0 Å². The van der Waals surface area contributed by atoms with Gasteiger partial charge in [0.25, 0.3) is 0 Å². The summed E-state index contributed by atoms with van der Waals surface area (Å²) >= 11 is 1.88. The molecule has 0 saturated carbocycles. The van der Waals surface area contributed by atoms with Gasteiger partial charge < -0.3 is 14.7 Å². The van der Waals surface area contributed by atoms with Crippen LogP contribution in [0.4, 0.5) is 0 Å². The van der Waals surface area contributed by atoms with Crippen LogP contribution in [-0.4, -0.2) is 16.9 Å². The second kappa shape index (κ2) is 15.1. The normalized spacial score (nSPS) is 19.4. The van der Waals surface area contributed by atoms with Gasteiger partial charge in [-0.15, -0.1) is 11.3 Å². The third-order valence-electron chi connectivity index (χ3n) is 12.7.